The first-order valence-corrected chi connectivity index (χ1v) is 8.08. The van der Waals surface area contributed by atoms with E-state index < -0.39 is 0 Å². The molecular formula is C20H17FN2O. The average Bonchev–Trinajstić information content (AvgIpc) is 3.39. The molecule has 3 aromatic rings. The normalized spacial score (nSPS) is 13.9. The van der Waals surface area contributed by atoms with Gasteiger partial charge in [-0.15, -0.1) is 0 Å². The van der Waals surface area contributed by atoms with Crippen molar-refractivity contribution in [2.45, 2.75) is 19.8 Å². The summed E-state index contributed by atoms with van der Waals surface area (Å²) in [5.41, 5.74) is 2.34. The van der Waals surface area contributed by atoms with Gasteiger partial charge in [0.2, 0.25) is 5.91 Å². The maximum absolute atomic E-state index is 14.2. The molecule has 0 aliphatic heterocycles. The number of fused-ring (bicyclic) bond motifs is 1. The van der Waals surface area contributed by atoms with Gasteiger partial charge in [-0.1, -0.05) is 24.3 Å². The van der Waals surface area contributed by atoms with E-state index in [9.17, 15) is 9.18 Å². The summed E-state index contributed by atoms with van der Waals surface area (Å²) in [7, 11) is 0. The van der Waals surface area contributed by atoms with Crippen molar-refractivity contribution < 1.29 is 9.18 Å². The number of carbonyl (C=O) groups excluding carboxylic acids is 1. The summed E-state index contributed by atoms with van der Waals surface area (Å²) < 4.78 is 14.2. The first-order chi connectivity index (χ1) is 11.6. The van der Waals surface area contributed by atoms with Gasteiger partial charge in [0.25, 0.3) is 0 Å². The molecule has 1 fully saturated rings. The minimum Gasteiger partial charge on any atom is -0.310 e. The van der Waals surface area contributed by atoms with Gasteiger partial charge in [-0.25, -0.2) is 9.37 Å². The van der Waals surface area contributed by atoms with Crippen LogP contribution in [0, 0.1) is 18.7 Å². The molecule has 0 atom stereocenters. The number of benzene rings is 2. The Hall–Kier alpha value is -2.75. The summed E-state index contributed by atoms with van der Waals surface area (Å²) in [5, 5.41) is 4.73. The highest BCUT2D eigenvalue weighted by molar-refractivity contribution is 5.96. The summed E-state index contributed by atoms with van der Waals surface area (Å²) in [6.45, 7) is 1.90. The average molecular weight is 320 g/mol. The van der Waals surface area contributed by atoms with Crippen molar-refractivity contribution in [1.29, 1.82) is 0 Å². The molecule has 0 saturated heterocycles. The van der Waals surface area contributed by atoms with E-state index in [1.165, 1.54) is 6.07 Å². The molecule has 4 rings (SSSR count). The van der Waals surface area contributed by atoms with Crippen molar-refractivity contribution in [2.24, 2.45) is 5.92 Å². The summed E-state index contributed by atoms with van der Waals surface area (Å²) >= 11 is 0. The van der Waals surface area contributed by atoms with E-state index in [0.717, 1.165) is 34.7 Å². The van der Waals surface area contributed by atoms with Crippen LogP contribution in [0.3, 0.4) is 0 Å². The van der Waals surface area contributed by atoms with E-state index in [1.54, 1.807) is 12.3 Å². The van der Waals surface area contributed by atoms with E-state index in [4.69, 9.17) is 0 Å². The molecule has 4 heteroatoms. The Bertz CT molecular complexity index is 927. The van der Waals surface area contributed by atoms with Crippen molar-refractivity contribution >= 4 is 22.5 Å². The van der Waals surface area contributed by atoms with Crippen molar-refractivity contribution in [1.82, 2.24) is 4.98 Å². The van der Waals surface area contributed by atoms with Crippen LogP contribution in [0.1, 0.15) is 18.4 Å². The van der Waals surface area contributed by atoms with Crippen LogP contribution in [-0.4, -0.2) is 10.9 Å². The molecule has 1 aliphatic carbocycles. The zero-order valence-corrected chi connectivity index (χ0v) is 13.3. The highest BCUT2D eigenvalue weighted by atomic mass is 19.1. The zero-order valence-electron chi connectivity index (χ0n) is 13.3. The Morgan fingerprint density at radius 3 is 2.75 bits per heavy atom. The minimum atomic E-state index is -0.226. The van der Waals surface area contributed by atoms with Gasteiger partial charge in [0.15, 0.2) is 0 Å². The maximum atomic E-state index is 14.2. The molecule has 1 N–H and O–H groups in total. The molecule has 1 aromatic heterocycles. The fourth-order valence-corrected chi connectivity index (χ4v) is 2.94. The van der Waals surface area contributed by atoms with Crippen LogP contribution < -0.4 is 5.32 Å². The largest absolute Gasteiger partial charge is 0.310 e. The zero-order chi connectivity index (χ0) is 16.7. The number of hydrogen-bond donors (Lipinski definition) is 1. The Labute approximate surface area is 139 Å². The van der Waals surface area contributed by atoms with Gasteiger partial charge in [0.1, 0.15) is 11.6 Å². The second-order valence-electron chi connectivity index (χ2n) is 6.33. The predicted molar refractivity (Wildman–Crippen MR) is 93.2 cm³/mol. The molecule has 0 spiro atoms. The number of nitrogens with zero attached hydrogens (tertiary/aromatic N) is 1. The maximum Gasteiger partial charge on any atom is 0.228 e. The number of carbonyl (C=O) groups is 1. The van der Waals surface area contributed by atoms with Crippen LogP contribution >= 0.6 is 0 Å². The summed E-state index contributed by atoms with van der Waals surface area (Å²) in [5.74, 6) is 0.527. The highest BCUT2D eigenvalue weighted by Gasteiger charge is 2.29. The molecule has 0 bridgehead atoms. The Balaban J connectivity index is 1.70. The molecule has 1 heterocycles. The Morgan fingerprint density at radius 2 is 2.00 bits per heavy atom. The van der Waals surface area contributed by atoms with E-state index in [0.29, 0.717) is 11.4 Å². The van der Waals surface area contributed by atoms with Crippen LogP contribution in [0.5, 0.6) is 0 Å². The highest BCUT2D eigenvalue weighted by Crippen LogP contribution is 2.31. The lowest BCUT2D eigenvalue weighted by atomic mass is 9.98. The van der Waals surface area contributed by atoms with Crippen molar-refractivity contribution in [3.05, 3.63) is 60.0 Å². The van der Waals surface area contributed by atoms with Gasteiger partial charge in [0, 0.05) is 23.1 Å². The third-order valence-corrected chi connectivity index (χ3v) is 4.43. The molecule has 1 amide bonds. The lowest BCUT2D eigenvalue weighted by Gasteiger charge is -2.10. The number of anilines is 1. The summed E-state index contributed by atoms with van der Waals surface area (Å²) in [6, 6.07) is 12.7. The number of aryl methyl sites for hydroxylation is 1. The minimum absolute atomic E-state index is 0.0421. The number of pyridine rings is 1. The second kappa shape index (κ2) is 5.71. The number of hydrogen-bond acceptors (Lipinski definition) is 2. The Morgan fingerprint density at radius 1 is 1.17 bits per heavy atom. The van der Waals surface area contributed by atoms with E-state index >= 15 is 0 Å². The van der Waals surface area contributed by atoms with Gasteiger partial charge in [-0.05, 0) is 54.5 Å². The SMILES string of the molecule is Cc1cccc(F)c1-c1ccc2cc(NC(=O)C3CC3)ncc2c1. The molecule has 120 valence electrons. The molecule has 1 saturated carbocycles. The van der Waals surface area contributed by atoms with Gasteiger partial charge in [-0.3, -0.25) is 4.79 Å². The first-order valence-electron chi connectivity index (χ1n) is 8.08. The van der Waals surface area contributed by atoms with Crippen molar-refractivity contribution in [3.63, 3.8) is 0 Å². The monoisotopic (exact) mass is 320 g/mol. The van der Waals surface area contributed by atoms with Gasteiger partial charge in [0.05, 0.1) is 0 Å². The standard InChI is InChI=1S/C20H17FN2O/c1-12-3-2-4-17(21)19(12)15-8-7-14-10-18(22-11-16(14)9-15)23-20(24)13-5-6-13/h2-4,7-11,13H,5-6H2,1H3,(H,22,23,24). The molecule has 0 radical (unpaired) electrons. The smallest absolute Gasteiger partial charge is 0.228 e. The summed E-state index contributed by atoms with van der Waals surface area (Å²) in [4.78, 5) is 16.1. The van der Waals surface area contributed by atoms with Crippen LogP contribution in [0.25, 0.3) is 21.9 Å². The number of aromatic nitrogens is 1. The third-order valence-electron chi connectivity index (χ3n) is 4.43. The number of amides is 1. The third kappa shape index (κ3) is 2.75. The van der Waals surface area contributed by atoms with Crippen molar-refractivity contribution in [3.8, 4) is 11.1 Å². The van der Waals surface area contributed by atoms with E-state index in [-0.39, 0.29) is 17.6 Å². The number of rotatable bonds is 3. The molecule has 2 aromatic carbocycles. The molecule has 24 heavy (non-hydrogen) atoms. The topological polar surface area (TPSA) is 42.0 Å². The van der Waals surface area contributed by atoms with E-state index in [2.05, 4.69) is 10.3 Å². The molecule has 1 aliphatic rings. The fraction of sp³-hybridized carbons (Fsp3) is 0.200. The molecular weight excluding hydrogens is 303 g/mol. The lowest BCUT2D eigenvalue weighted by Crippen LogP contribution is -2.14. The van der Waals surface area contributed by atoms with Gasteiger partial charge < -0.3 is 5.32 Å². The van der Waals surface area contributed by atoms with Crippen LogP contribution in [0.2, 0.25) is 0 Å². The van der Waals surface area contributed by atoms with Crippen molar-refractivity contribution in [2.75, 3.05) is 5.32 Å². The number of nitrogens with one attached hydrogen (secondary N) is 1. The van der Waals surface area contributed by atoms with Gasteiger partial charge >= 0.3 is 0 Å². The quantitative estimate of drug-likeness (QED) is 0.760. The predicted octanol–water partition coefficient (Wildman–Crippen LogP) is 4.70. The van der Waals surface area contributed by atoms with E-state index in [1.807, 2.05) is 37.3 Å². The summed E-state index contributed by atoms with van der Waals surface area (Å²) in [6.07, 6.45) is 3.65. The number of halogens is 1. The van der Waals surface area contributed by atoms with Crippen LogP contribution in [0.4, 0.5) is 10.2 Å². The molecule has 0 unspecified atom stereocenters. The van der Waals surface area contributed by atoms with Gasteiger partial charge in [-0.2, -0.15) is 0 Å². The molecule has 3 nitrogen and oxygen atoms in total. The first kappa shape index (κ1) is 14.8. The fourth-order valence-electron chi connectivity index (χ4n) is 2.94. The lowest BCUT2D eigenvalue weighted by molar-refractivity contribution is -0.117. The van der Waals surface area contributed by atoms with Crippen LogP contribution in [0.15, 0.2) is 48.7 Å². The van der Waals surface area contributed by atoms with Crippen LogP contribution in [-0.2, 0) is 4.79 Å². The Kier molecular flexibility index (Phi) is 3.53. The second-order valence-corrected chi connectivity index (χ2v) is 6.33.